The highest BCUT2D eigenvalue weighted by Gasteiger charge is 2.17. The van der Waals surface area contributed by atoms with Crippen LogP contribution in [0.25, 0.3) is 5.70 Å². The van der Waals surface area contributed by atoms with E-state index in [0.29, 0.717) is 0 Å². The molecule has 24 heavy (non-hydrogen) atoms. The molecule has 0 amide bonds. The molecule has 2 nitrogen and oxygen atoms in total. The lowest BCUT2D eigenvalue weighted by atomic mass is 9.97. The lowest BCUT2D eigenvalue weighted by Crippen LogP contribution is -2.27. The van der Waals surface area contributed by atoms with Gasteiger partial charge in [-0.25, -0.2) is 0 Å². The Morgan fingerprint density at radius 3 is 2.92 bits per heavy atom. The van der Waals surface area contributed by atoms with E-state index >= 15 is 0 Å². The summed E-state index contributed by atoms with van der Waals surface area (Å²) >= 11 is 6.47. The first-order chi connectivity index (χ1) is 11.6. The van der Waals surface area contributed by atoms with Crippen molar-refractivity contribution >= 4 is 23.0 Å². The maximum atomic E-state index is 6.47. The number of aryl methyl sites for hydroxylation is 1. The van der Waals surface area contributed by atoms with Crippen molar-refractivity contribution in [3.63, 3.8) is 0 Å². The Bertz CT molecular complexity index is 764. The maximum absolute atomic E-state index is 6.47. The molecule has 0 saturated heterocycles. The molecular formula is C21H25ClN2. The highest BCUT2D eigenvalue weighted by molar-refractivity contribution is 6.32. The van der Waals surface area contributed by atoms with Gasteiger partial charge in [-0.15, -0.1) is 0 Å². The summed E-state index contributed by atoms with van der Waals surface area (Å²) in [4.78, 5) is 2.37. The third-order valence-electron chi connectivity index (χ3n) is 4.55. The van der Waals surface area contributed by atoms with Crippen LogP contribution in [0, 0.1) is 6.92 Å². The van der Waals surface area contributed by atoms with Crippen LogP contribution in [0.15, 0.2) is 42.5 Å². The van der Waals surface area contributed by atoms with Gasteiger partial charge in [0.15, 0.2) is 0 Å². The molecule has 0 atom stereocenters. The molecule has 0 bridgehead atoms. The van der Waals surface area contributed by atoms with Crippen LogP contribution >= 0.6 is 11.6 Å². The fourth-order valence-electron chi connectivity index (χ4n) is 3.29. The van der Waals surface area contributed by atoms with Crippen LogP contribution in [0.5, 0.6) is 0 Å². The zero-order valence-corrected chi connectivity index (χ0v) is 15.5. The average molecular weight is 341 g/mol. The second-order valence-corrected chi connectivity index (χ2v) is 6.97. The predicted molar refractivity (Wildman–Crippen MR) is 105 cm³/mol. The number of fused-ring (bicyclic) bond motifs is 1. The first-order valence-corrected chi connectivity index (χ1v) is 8.99. The van der Waals surface area contributed by atoms with Crippen molar-refractivity contribution in [2.75, 3.05) is 18.9 Å². The van der Waals surface area contributed by atoms with Crippen molar-refractivity contribution in [3.8, 4) is 0 Å². The molecule has 0 aromatic heterocycles. The minimum atomic E-state index is 0.789. The van der Waals surface area contributed by atoms with E-state index in [1.807, 2.05) is 6.07 Å². The van der Waals surface area contributed by atoms with Gasteiger partial charge in [-0.3, -0.25) is 0 Å². The Morgan fingerprint density at radius 2 is 2.12 bits per heavy atom. The number of likely N-dealkylation sites (N-methyl/N-ethyl adjacent to an activating group) is 1. The Hall–Kier alpha value is -1.77. The van der Waals surface area contributed by atoms with Gasteiger partial charge in [-0.1, -0.05) is 48.4 Å². The standard InChI is InChI=1S/C21H25ClN2/c1-4-6-20(18-13-15(2)9-10-19(18)22)23-21-8-5-7-16-14-24(3)12-11-17(16)21/h5-10,13,23H,4,11-12,14H2,1-3H3/b20-6-. The SMILES string of the molecule is CC/C=C(\Nc1cccc2c1CCN(C)C2)c1cc(C)ccc1Cl. The third kappa shape index (κ3) is 3.66. The van der Waals surface area contributed by atoms with Crippen LogP contribution in [-0.4, -0.2) is 18.5 Å². The molecule has 0 unspecified atom stereocenters. The van der Waals surface area contributed by atoms with Crippen LogP contribution in [0.1, 0.15) is 35.6 Å². The predicted octanol–water partition coefficient (Wildman–Crippen LogP) is 5.50. The first kappa shape index (κ1) is 17.1. The van der Waals surface area contributed by atoms with Gasteiger partial charge >= 0.3 is 0 Å². The van der Waals surface area contributed by atoms with Crippen LogP contribution in [0.2, 0.25) is 5.02 Å². The highest BCUT2D eigenvalue weighted by atomic mass is 35.5. The smallest absolute Gasteiger partial charge is 0.0499 e. The number of nitrogens with one attached hydrogen (secondary N) is 1. The van der Waals surface area contributed by atoms with E-state index < -0.39 is 0 Å². The molecule has 1 heterocycles. The van der Waals surface area contributed by atoms with E-state index in [4.69, 9.17) is 11.6 Å². The Labute approximate surface area is 150 Å². The average Bonchev–Trinajstić information content (AvgIpc) is 2.56. The van der Waals surface area contributed by atoms with E-state index in [1.165, 1.54) is 22.4 Å². The third-order valence-corrected chi connectivity index (χ3v) is 4.88. The number of anilines is 1. The molecule has 0 saturated carbocycles. The molecule has 0 radical (unpaired) electrons. The Morgan fingerprint density at radius 1 is 1.29 bits per heavy atom. The van der Waals surface area contributed by atoms with Crippen LogP contribution in [0.3, 0.4) is 0 Å². The number of hydrogen-bond donors (Lipinski definition) is 1. The summed E-state index contributed by atoms with van der Waals surface area (Å²) in [7, 11) is 2.18. The normalized spacial score (nSPS) is 15.2. The monoisotopic (exact) mass is 340 g/mol. The van der Waals surface area contributed by atoms with Gasteiger partial charge in [0.2, 0.25) is 0 Å². The van der Waals surface area contributed by atoms with Crippen LogP contribution in [-0.2, 0) is 13.0 Å². The van der Waals surface area contributed by atoms with Gasteiger partial charge in [-0.2, -0.15) is 0 Å². The number of rotatable bonds is 4. The van der Waals surface area contributed by atoms with E-state index in [2.05, 4.69) is 67.5 Å². The molecule has 2 aromatic rings. The topological polar surface area (TPSA) is 15.3 Å². The maximum Gasteiger partial charge on any atom is 0.0499 e. The van der Waals surface area contributed by atoms with Crippen molar-refractivity contribution in [2.45, 2.75) is 33.2 Å². The largest absolute Gasteiger partial charge is 0.355 e. The van der Waals surface area contributed by atoms with Gasteiger partial charge in [0.1, 0.15) is 0 Å². The minimum Gasteiger partial charge on any atom is -0.355 e. The second kappa shape index (κ2) is 7.42. The summed E-state index contributed by atoms with van der Waals surface area (Å²) in [6.45, 7) is 6.37. The quantitative estimate of drug-likeness (QED) is 0.790. The molecule has 0 fully saturated rings. The number of hydrogen-bond acceptors (Lipinski definition) is 2. The molecule has 0 spiro atoms. The zero-order valence-electron chi connectivity index (χ0n) is 14.7. The number of benzene rings is 2. The fraction of sp³-hybridized carbons (Fsp3) is 0.333. The summed E-state index contributed by atoms with van der Waals surface area (Å²) in [6.07, 6.45) is 4.26. The summed E-state index contributed by atoms with van der Waals surface area (Å²) in [5.41, 5.74) is 7.44. The Kier molecular flexibility index (Phi) is 5.27. The van der Waals surface area contributed by atoms with E-state index in [1.54, 1.807) is 0 Å². The van der Waals surface area contributed by atoms with Crippen LogP contribution in [0.4, 0.5) is 5.69 Å². The van der Waals surface area contributed by atoms with Crippen molar-refractivity contribution in [1.82, 2.24) is 4.90 Å². The lowest BCUT2D eigenvalue weighted by Gasteiger charge is -2.27. The molecule has 126 valence electrons. The minimum absolute atomic E-state index is 0.789. The van der Waals surface area contributed by atoms with Crippen LogP contribution < -0.4 is 5.32 Å². The van der Waals surface area contributed by atoms with Gasteiger partial charge in [0.25, 0.3) is 0 Å². The Balaban J connectivity index is 1.97. The number of allylic oxidation sites excluding steroid dienone is 1. The fourth-order valence-corrected chi connectivity index (χ4v) is 3.51. The zero-order chi connectivity index (χ0) is 17.1. The van der Waals surface area contributed by atoms with E-state index in [-0.39, 0.29) is 0 Å². The van der Waals surface area contributed by atoms with Gasteiger partial charge in [0, 0.05) is 35.1 Å². The van der Waals surface area contributed by atoms with Gasteiger partial charge in [0.05, 0.1) is 0 Å². The molecule has 2 aromatic carbocycles. The lowest BCUT2D eigenvalue weighted by molar-refractivity contribution is 0.313. The highest BCUT2D eigenvalue weighted by Crippen LogP contribution is 2.31. The molecule has 1 aliphatic rings. The number of halogens is 1. The summed E-state index contributed by atoms with van der Waals surface area (Å²) < 4.78 is 0. The van der Waals surface area contributed by atoms with Gasteiger partial charge in [-0.05, 0) is 56.1 Å². The summed E-state index contributed by atoms with van der Waals surface area (Å²) in [6, 6.07) is 12.7. The number of nitrogens with zero attached hydrogens (tertiary/aromatic N) is 1. The molecule has 1 N–H and O–H groups in total. The second-order valence-electron chi connectivity index (χ2n) is 6.57. The molecule has 1 aliphatic heterocycles. The van der Waals surface area contributed by atoms with E-state index in [9.17, 15) is 0 Å². The molecule has 0 aliphatic carbocycles. The molecule has 3 heteroatoms. The molecular weight excluding hydrogens is 316 g/mol. The van der Waals surface area contributed by atoms with Crippen molar-refractivity contribution in [3.05, 3.63) is 69.8 Å². The summed E-state index contributed by atoms with van der Waals surface area (Å²) in [5.74, 6) is 0. The van der Waals surface area contributed by atoms with E-state index in [0.717, 1.165) is 42.2 Å². The summed E-state index contributed by atoms with van der Waals surface area (Å²) in [5, 5.41) is 4.45. The molecule has 3 rings (SSSR count). The first-order valence-electron chi connectivity index (χ1n) is 8.61. The van der Waals surface area contributed by atoms with Crippen molar-refractivity contribution < 1.29 is 0 Å². The van der Waals surface area contributed by atoms with Crippen molar-refractivity contribution in [2.24, 2.45) is 0 Å². The van der Waals surface area contributed by atoms with Gasteiger partial charge < -0.3 is 10.2 Å². The van der Waals surface area contributed by atoms with Crippen molar-refractivity contribution in [1.29, 1.82) is 0 Å².